The molecule has 4 N–H and O–H groups in total. The van der Waals surface area contributed by atoms with E-state index in [0.717, 1.165) is 25.9 Å². The Balaban J connectivity index is 1.89. The van der Waals surface area contributed by atoms with Crippen molar-refractivity contribution in [3.63, 3.8) is 0 Å². The Morgan fingerprint density at radius 1 is 1.43 bits per heavy atom. The number of carbonyl (C=O) groups excluding carboxylic acids is 1. The molecule has 8 heteroatoms. The minimum absolute atomic E-state index is 0.122. The van der Waals surface area contributed by atoms with E-state index in [9.17, 15) is 13.2 Å². The molecule has 21 heavy (non-hydrogen) atoms. The van der Waals surface area contributed by atoms with Gasteiger partial charge in [-0.15, -0.1) is 0 Å². The average Bonchev–Trinajstić information content (AvgIpc) is 2.93. The first-order valence-corrected chi connectivity index (χ1v) is 8.85. The van der Waals surface area contributed by atoms with Crippen LogP contribution >= 0.6 is 0 Å². The molecule has 0 unspecified atom stereocenters. The Labute approximate surface area is 124 Å². The molecule has 7 nitrogen and oxygen atoms in total. The number of primary sulfonamides is 1. The summed E-state index contributed by atoms with van der Waals surface area (Å²) in [5, 5.41) is 11.0. The van der Waals surface area contributed by atoms with Gasteiger partial charge in [0.25, 0.3) is 5.91 Å². The van der Waals surface area contributed by atoms with E-state index in [4.69, 9.17) is 5.14 Å². The minimum atomic E-state index is -3.46. The maximum absolute atomic E-state index is 12.2. The first-order chi connectivity index (χ1) is 9.97. The minimum Gasteiger partial charge on any atom is -0.351 e. The number of piperidine rings is 1. The van der Waals surface area contributed by atoms with Crippen molar-refractivity contribution in [3.8, 4) is 0 Å². The second kappa shape index (κ2) is 7.06. The van der Waals surface area contributed by atoms with E-state index in [-0.39, 0.29) is 11.7 Å². The standard InChI is InChI=1S/C13H22N4O3S/c14-21(19,20)10-2-6-16-13(18)12-3-1-9-17(12)11-4-7-15-8-5-11/h1,3,9,11,15H,2,4-8,10H2,(H,16,18)(H2,14,19,20). The third-order valence-corrected chi connectivity index (χ3v) is 4.46. The summed E-state index contributed by atoms with van der Waals surface area (Å²) in [6.45, 7) is 2.21. The molecule has 0 bridgehead atoms. The molecule has 0 saturated carbocycles. The van der Waals surface area contributed by atoms with Gasteiger partial charge < -0.3 is 15.2 Å². The number of hydrogen-bond donors (Lipinski definition) is 3. The van der Waals surface area contributed by atoms with Crippen molar-refractivity contribution in [2.45, 2.75) is 25.3 Å². The number of amides is 1. The fraction of sp³-hybridized carbons (Fsp3) is 0.615. The van der Waals surface area contributed by atoms with E-state index in [1.54, 1.807) is 6.07 Å². The molecular weight excluding hydrogens is 292 g/mol. The summed E-state index contributed by atoms with van der Waals surface area (Å²) in [6.07, 6.45) is 4.24. The Kier molecular flexibility index (Phi) is 5.38. The van der Waals surface area contributed by atoms with Crippen LogP contribution in [0.5, 0.6) is 0 Å². The van der Waals surface area contributed by atoms with Gasteiger partial charge in [-0.1, -0.05) is 0 Å². The number of nitrogens with two attached hydrogens (primary N) is 1. The monoisotopic (exact) mass is 314 g/mol. The second-order valence-corrected chi connectivity index (χ2v) is 6.99. The van der Waals surface area contributed by atoms with Gasteiger partial charge in [-0.2, -0.15) is 0 Å². The molecule has 0 spiro atoms. The van der Waals surface area contributed by atoms with Crippen LogP contribution in [-0.2, 0) is 10.0 Å². The van der Waals surface area contributed by atoms with Gasteiger partial charge in [0.2, 0.25) is 10.0 Å². The van der Waals surface area contributed by atoms with Crippen molar-refractivity contribution in [1.29, 1.82) is 0 Å². The fourth-order valence-electron chi connectivity index (χ4n) is 2.56. The molecule has 2 heterocycles. The first-order valence-electron chi connectivity index (χ1n) is 7.13. The lowest BCUT2D eigenvalue weighted by molar-refractivity contribution is 0.0941. The highest BCUT2D eigenvalue weighted by Crippen LogP contribution is 2.21. The van der Waals surface area contributed by atoms with E-state index < -0.39 is 10.0 Å². The average molecular weight is 314 g/mol. The van der Waals surface area contributed by atoms with Crippen LogP contribution in [0.25, 0.3) is 0 Å². The summed E-state index contributed by atoms with van der Waals surface area (Å²) in [6, 6.07) is 3.99. The lowest BCUT2D eigenvalue weighted by Gasteiger charge is -2.25. The number of rotatable bonds is 6. The molecule has 1 amide bonds. The summed E-state index contributed by atoms with van der Waals surface area (Å²) >= 11 is 0. The maximum Gasteiger partial charge on any atom is 0.267 e. The zero-order chi connectivity index (χ0) is 15.3. The number of carbonyl (C=O) groups is 1. The lowest BCUT2D eigenvalue weighted by atomic mass is 10.1. The summed E-state index contributed by atoms with van der Waals surface area (Å²) in [5.41, 5.74) is 0.623. The van der Waals surface area contributed by atoms with Crippen molar-refractivity contribution in [1.82, 2.24) is 15.2 Å². The van der Waals surface area contributed by atoms with Crippen LogP contribution in [-0.4, -0.2) is 44.3 Å². The second-order valence-electron chi connectivity index (χ2n) is 5.26. The number of nitrogens with zero attached hydrogens (tertiary/aromatic N) is 1. The largest absolute Gasteiger partial charge is 0.351 e. The molecule has 0 radical (unpaired) electrons. The summed E-state index contributed by atoms with van der Waals surface area (Å²) in [4.78, 5) is 12.2. The normalized spacial score (nSPS) is 16.8. The molecule has 0 atom stereocenters. The molecule has 0 aliphatic carbocycles. The zero-order valence-electron chi connectivity index (χ0n) is 11.9. The highest BCUT2D eigenvalue weighted by Gasteiger charge is 2.19. The molecule has 118 valence electrons. The van der Waals surface area contributed by atoms with Gasteiger partial charge in [-0.3, -0.25) is 4.79 Å². The number of hydrogen-bond acceptors (Lipinski definition) is 4. The van der Waals surface area contributed by atoms with Gasteiger partial charge in [0, 0.05) is 18.8 Å². The molecular formula is C13H22N4O3S. The fourth-order valence-corrected chi connectivity index (χ4v) is 3.10. The number of sulfonamides is 1. The Morgan fingerprint density at radius 2 is 2.14 bits per heavy atom. The van der Waals surface area contributed by atoms with E-state index in [2.05, 4.69) is 10.6 Å². The van der Waals surface area contributed by atoms with E-state index in [0.29, 0.717) is 24.7 Å². The predicted molar refractivity (Wildman–Crippen MR) is 80.5 cm³/mol. The van der Waals surface area contributed by atoms with Crippen LogP contribution in [0.2, 0.25) is 0 Å². The van der Waals surface area contributed by atoms with Crippen molar-refractivity contribution < 1.29 is 13.2 Å². The van der Waals surface area contributed by atoms with Crippen LogP contribution in [0.4, 0.5) is 0 Å². The number of nitrogens with one attached hydrogen (secondary N) is 2. The molecule has 1 aromatic heterocycles. The SMILES string of the molecule is NS(=O)(=O)CCCNC(=O)c1cccn1C1CCNCC1. The molecule has 0 aromatic carbocycles. The molecule has 2 rings (SSSR count). The van der Waals surface area contributed by atoms with E-state index in [1.807, 2.05) is 16.8 Å². The van der Waals surface area contributed by atoms with E-state index >= 15 is 0 Å². The zero-order valence-corrected chi connectivity index (χ0v) is 12.7. The van der Waals surface area contributed by atoms with Gasteiger partial charge in [-0.25, -0.2) is 13.6 Å². The smallest absolute Gasteiger partial charge is 0.267 e. The quantitative estimate of drug-likeness (QED) is 0.633. The van der Waals surface area contributed by atoms with Gasteiger partial charge in [-0.05, 0) is 44.5 Å². The van der Waals surface area contributed by atoms with Gasteiger partial charge >= 0.3 is 0 Å². The highest BCUT2D eigenvalue weighted by molar-refractivity contribution is 7.89. The summed E-state index contributed by atoms with van der Waals surface area (Å²) < 4.78 is 23.7. The van der Waals surface area contributed by atoms with Crippen LogP contribution in [0.15, 0.2) is 18.3 Å². The van der Waals surface area contributed by atoms with Crippen LogP contribution in [0.1, 0.15) is 35.8 Å². The molecule has 1 fully saturated rings. The Hall–Kier alpha value is -1.38. The summed E-state index contributed by atoms with van der Waals surface area (Å²) in [5.74, 6) is -0.296. The van der Waals surface area contributed by atoms with Gasteiger partial charge in [0.05, 0.1) is 5.75 Å². The first kappa shape index (κ1) is 16.0. The van der Waals surface area contributed by atoms with Crippen molar-refractivity contribution in [2.24, 2.45) is 5.14 Å². The predicted octanol–water partition coefficient (Wildman–Crippen LogP) is -0.179. The molecule has 1 aromatic rings. The van der Waals surface area contributed by atoms with Crippen LogP contribution in [0.3, 0.4) is 0 Å². The topological polar surface area (TPSA) is 106 Å². The highest BCUT2D eigenvalue weighted by atomic mass is 32.2. The summed E-state index contributed by atoms with van der Waals surface area (Å²) in [7, 11) is -3.46. The third-order valence-electron chi connectivity index (χ3n) is 3.60. The van der Waals surface area contributed by atoms with Crippen molar-refractivity contribution >= 4 is 15.9 Å². The van der Waals surface area contributed by atoms with Crippen molar-refractivity contribution in [3.05, 3.63) is 24.0 Å². The van der Waals surface area contributed by atoms with Gasteiger partial charge in [0.15, 0.2) is 0 Å². The van der Waals surface area contributed by atoms with Gasteiger partial charge in [0.1, 0.15) is 5.69 Å². The van der Waals surface area contributed by atoms with Crippen LogP contribution < -0.4 is 15.8 Å². The van der Waals surface area contributed by atoms with Crippen molar-refractivity contribution in [2.75, 3.05) is 25.4 Å². The Bertz CT molecular complexity index is 576. The maximum atomic E-state index is 12.2. The van der Waals surface area contributed by atoms with Crippen LogP contribution in [0, 0.1) is 0 Å². The number of aromatic nitrogens is 1. The third kappa shape index (κ3) is 4.83. The Morgan fingerprint density at radius 3 is 2.81 bits per heavy atom. The molecule has 1 aliphatic heterocycles. The molecule has 1 aliphatic rings. The van der Waals surface area contributed by atoms with E-state index in [1.165, 1.54) is 0 Å². The molecule has 1 saturated heterocycles. The lowest BCUT2D eigenvalue weighted by Crippen LogP contribution is -2.33.